The van der Waals surface area contributed by atoms with E-state index in [1.165, 1.54) is 12.8 Å². The Labute approximate surface area is 164 Å². The van der Waals surface area contributed by atoms with E-state index in [0.717, 1.165) is 23.5 Å². The third-order valence-corrected chi connectivity index (χ3v) is 4.58. The van der Waals surface area contributed by atoms with Gasteiger partial charge in [0.25, 0.3) is 11.8 Å². The summed E-state index contributed by atoms with van der Waals surface area (Å²) in [6.07, 6.45) is 4.57. The van der Waals surface area contributed by atoms with Gasteiger partial charge in [-0.2, -0.15) is 0 Å². The van der Waals surface area contributed by atoms with E-state index in [1.807, 2.05) is 0 Å². The molecule has 1 aliphatic heterocycles. The molecule has 2 aromatic rings. The highest BCUT2D eigenvalue weighted by Gasteiger charge is 2.36. The van der Waals surface area contributed by atoms with Crippen molar-refractivity contribution in [3.05, 3.63) is 59.7 Å². The van der Waals surface area contributed by atoms with Crippen molar-refractivity contribution in [2.45, 2.75) is 32.6 Å². The van der Waals surface area contributed by atoms with Gasteiger partial charge in [-0.15, -0.1) is 0 Å². The van der Waals surface area contributed by atoms with Crippen molar-refractivity contribution in [3.8, 4) is 5.75 Å². The van der Waals surface area contributed by atoms with E-state index in [4.69, 9.17) is 4.74 Å². The minimum Gasteiger partial charge on any atom is -0.494 e. The van der Waals surface area contributed by atoms with Crippen molar-refractivity contribution < 1.29 is 19.1 Å². The normalized spacial score (nSPS) is 12.8. The molecule has 0 saturated carbocycles. The maximum atomic E-state index is 12.3. The van der Waals surface area contributed by atoms with Crippen LogP contribution in [0.1, 0.15) is 53.3 Å². The molecule has 2 aromatic carbocycles. The first-order chi connectivity index (χ1) is 13.6. The quantitative estimate of drug-likeness (QED) is 0.529. The van der Waals surface area contributed by atoms with E-state index in [1.54, 1.807) is 48.5 Å². The molecule has 0 fully saturated rings. The number of ether oxygens (including phenoxy) is 1. The molecule has 1 aliphatic rings. The monoisotopic (exact) mass is 380 g/mol. The fraction of sp³-hybridized carbons (Fsp3) is 0.318. The summed E-state index contributed by atoms with van der Waals surface area (Å²) in [6, 6.07) is 13.6. The van der Waals surface area contributed by atoms with Crippen LogP contribution < -0.4 is 10.1 Å². The second kappa shape index (κ2) is 9.17. The van der Waals surface area contributed by atoms with Crippen molar-refractivity contribution in [2.75, 3.05) is 18.5 Å². The fourth-order valence-corrected chi connectivity index (χ4v) is 3.08. The van der Waals surface area contributed by atoms with Crippen LogP contribution in [0.4, 0.5) is 5.69 Å². The van der Waals surface area contributed by atoms with Crippen molar-refractivity contribution in [2.24, 2.45) is 0 Å². The van der Waals surface area contributed by atoms with Gasteiger partial charge in [-0.3, -0.25) is 19.3 Å². The second-order valence-electron chi connectivity index (χ2n) is 6.72. The summed E-state index contributed by atoms with van der Waals surface area (Å²) >= 11 is 0. The maximum absolute atomic E-state index is 12.3. The van der Waals surface area contributed by atoms with Gasteiger partial charge in [-0.25, -0.2) is 0 Å². The van der Waals surface area contributed by atoms with Gasteiger partial charge in [0, 0.05) is 5.69 Å². The third-order valence-electron chi connectivity index (χ3n) is 4.58. The molecule has 0 unspecified atom stereocenters. The predicted molar refractivity (Wildman–Crippen MR) is 107 cm³/mol. The fourth-order valence-electron chi connectivity index (χ4n) is 3.08. The zero-order valence-corrected chi connectivity index (χ0v) is 15.9. The highest BCUT2D eigenvalue weighted by molar-refractivity contribution is 6.22. The summed E-state index contributed by atoms with van der Waals surface area (Å²) in [5.74, 6) is -0.567. The average molecular weight is 380 g/mol. The lowest BCUT2D eigenvalue weighted by Crippen LogP contribution is -2.37. The average Bonchev–Trinajstić information content (AvgIpc) is 2.94. The molecule has 0 aromatic heterocycles. The van der Waals surface area contributed by atoms with Crippen LogP contribution in [0.3, 0.4) is 0 Å². The first-order valence-corrected chi connectivity index (χ1v) is 9.58. The molecule has 1 heterocycles. The van der Waals surface area contributed by atoms with Gasteiger partial charge < -0.3 is 10.1 Å². The van der Waals surface area contributed by atoms with Crippen LogP contribution in [0.25, 0.3) is 0 Å². The standard InChI is InChI=1S/C22H24N2O4/c1-2-3-4-7-14-28-17-12-10-16(11-13-17)23-20(25)15-24-21(26)18-8-5-6-9-19(18)22(24)27/h5-6,8-13H,2-4,7,14-15H2,1H3,(H,23,25). The summed E-state index contributed by atoms with van der Waals surface area (Å²) in [6.45, 7) is 2.52. The van der Waals surface area contributed by atoms with Crippen LogP contribution in [0.15, 0.2) is 48.5 Å². The Balaban J connectivity index is 1.50. The molecule has 0 saturated heterocycles. The van der Waals surface area contributed by atoms with Crippen molar-refractivity contribution in [1.29, 1.82) is 0 Å². The Bertz CT molecular complexity index is 826. The Hall–Kier alpha value is -3.15. The molecule has 0 radical (unpaired) electrons. The Kier molecular flexibility index (Phi) is 6.42. The number of amides is 3. The molecule has 1 N–H and O–H groups in total. The zero-order valence-electron chi connectivity index (χ0n) is 15.9. The Morgan fingerprint density at radius 1 is 0.929 bits per heavy atom. The molecule has 28 heavy (non-hydrogen) atoms. The number of nitrogens with zero attached hydrogens (tertiary/aromatic N) is 1. The van der Waals surface area contributed by atoms with E-state index in [2.05, 4.69) is 12.2 Å². The number of hydrogen-bond acceptors (Lipinski definition) is 4. The third kappa shape index (κ3) is 4.57. The molecule has 6 nitrogen and oxygen atoms in total. The largest absolute Gasteiger partial charge is 0.494 e. The summed E-state index contributed by atoms with van der Waals surface area (Å²) in [5, 5.41) is 2.71. The number of carbonyl (C=O) groups is 3. The minimum atomic E-state index is -0.442. The van der Waals surface area contributed by atoms with Crippen LogP contribution >= 0.6 is 0 Å². The second-order valence-corrected chi connectivity index (χ2v) is 6.72. The zero-order chi connectivity index (χ0) is 19.9. The minimum absolute atomic E-state index is 0.317. The van der Waals surface area contributed by atoms with Crippen LogP contribution in [0, 0.1) is 0 Å². The summed E-state index contributed by atoms with van der Waals surface area (Å²) in [4.78, 5) is 37.9. The van der Waals surface area contributed by atoms with Gasteiger partial charge in [-0.1, -0.05) is 38.3 Å². The van der Waals surface area contributed by atoms with E-state index in [9.17, 15) is 14.4 Å². The number of fused-ring (bicyclic) bond motifs is 1. The number of benzene rings is 2. The number of hydrogen-bond donors (Lipinski definition) is 1. The Morgan fingerprint density at radius 3 is 2.18 bits per heavy atom. The van der Waals surface area contributed by atoms with Crippen molar-refractivity contribution in [3.63, 3.8) is 0 Å². The molecule has 6 heteroatoms. The SMILES string of the molecule is CCCCCCOc1ccc(NC(=O)CN2C(=O)c3ccccc3C2=O)cc1. The lowest BCUT2D eigenvalue weighted by atomic mass is 10.1. The number of carbonyl (C=O) groups excluding carboxylic acids is 3. The molecule has 0 aliphatic carbocycles. The molecule has 0 atom stereocenters. The lowest BCUT2D eigenvalue weighted by Gasteiger charge is -2.14. The van der Waals surface area contributed by atoms with E-state index in [0.29, 0.717) is 23.4 Å². The van der Waals surface area contributed by atoms with E-state index < -0.39 is 17.7 Å². The number of rotatable bonds is 9. The smallest absolute Gasteiger partial charge is 0.262 e. The lowest BCUT2D eigenvalue weighted by molar-refractivity contribution is -0.116. The van der Waals surface area contributed by atoms with Crippen LogP contribution in [0.5, 0.6) is 5.75 Å². The summed E-state index contributed by atoms with van der Waals surface area (Å²) < 4.78 is 5.67. The van der Waals surface area contributed by atoms with E-state index >= 15 is 0 Å². The van der Waals surface area contributed by atoms with Gasteiger partial charge in [0.1, 0.15) is 12.3 Å². The number of anilines is 1. The molecule has 0 spiro atoms. The topological polar surface area (TPSA) is 75.7 Å². The maximum Gasteiger partial charge on any atom is 0.262 e. The molecule has 3 amide bonds. The van der Waals surface area contributed by atoms with Gasteiger partial charge in [0.05, 0.1) is 17.7 Å². The molecule has 0 bridgehead atoms. The molecule has 146 valence electrons. The number of nitrogens with one attached hydrogen (secondary N) is 1. The van der Waals surface area contributed by atoms with E-state index in [-0.39, 0.29) is 6.54 Å². The van der Waals surface area contributed by atoms with Crippen LogP contribution in [-0.2, 0) is 4.79 Å². The van der Waals surface area contributed by atoms with Crippen molar-refractivity contribution >= 4 is 23.4 Å². The number of unbranched alkanes of at least 4 members (excludes halogenated alkanes) is 3. The molecular weight excluding hydrogens is 356 g/mol. The number of imide groups is 1. The van der Waals surface area contributed by atoms with Gasteiger partial charge in [-0.05, 0) is 42.8 Å². The van der Waals surface area contributed by atoms with Crippen LogP contribution in [-0.4, -0.2) is 35.8 Å². The molecular formula is C22H24N2O4. The summed E-state index contributed by atoms with van der Waals surface area (Å²) in [5.41, 5.74) is 1.25. The highest BCUT2D eigenvalue weighted by atomic mass is 16.5. The first-order valence-electron chi connectivity index (χ1n) is 9.58. The summed E-state index contributed by atoms with van der Waals surface area (Å²) in [7, 11) is 0. The van der Waals surface area contributed by atoms with Crippen molar-refractivity contribution in [1.82, 2.24) is 4.90 Å². The van der Waals surface area contributed by atoms with Gasteiger partial charge in [0.2, 0.25) is 5.91 Å². The van der Waals surface area contributed by atoms with Gasteiger partial charge in [0.15, 0.2) is 0 Å². The van der Waals surface area contributed by atoms with Gasteiger partial charge >= 0.3 is 0 Å². The first kappa shape index (κ1) is 19.6. The molecule has 3 rings (SSSR count). The van der Waals surface area contributed by atoms with Crippen LogP contribution in [0.2, 0.25) is 0 Å². The Morgan fingerprint density at radius 2 is 1.57 bits per heavy atom. The predicted octanol–water partition coefficient (Wildman–Crippen LogP) is 3.88. The highest BCUT2D eigenvalue weighted by Crippen LogP contribution is 2.22.